The molecule has 1 saturated carbocycles. The van der Waals surface area contributed by atoms with Crippen LogP contribution < -0.4 is 10.1 Å². The Morgan fingerprint density at radius 2 is 1.79 bits per heavy atom. The molecule has 5 heteroatoms. The second-order valence-corrected chi connectivity index (χ2v) is 7.17. The number of hydrogen-bond donors (Lipinski definition) is 1. The van der Waals surface area contributed by atoms with Crippen molar-refractivity contribution in [1.29, 1.82) is 0 Å². The molecule has 148 valence electrons. The molecular weight excluding hydrogens is 354 g/mol. The predicted molar refractivity (Wildman–Crippen MR) is 110 cm³/mol. The van der Waals surface area contributed by atoms with Crippen molar-refractivity contribution in [3.8, 4) is 5.75 Å². The first kappa shape index (κ1) is 19.9. The molecule has 0 aliphatic heterocycles. The van der Waals surface area contributed by atoms with E-state index >= 15 is 0 Å². The van der Waals surface area contributed by atoms with Crippen molar-refractivity contribution in [3.05, 3.63) is 48.0 Å². The maximum atomic E-state index is 12.2. The van der Waals surface area contributed by atoms with Crippen LogP contribution >= 0.6 is 0 Å². The zero-order valence-corrected chi connectivity index (χ0v) is 16.3. The van der Waals surface area contributed by atoms with Crippen molar-refractivity contribution < 1.29 is 19.1 Å². The molecule has 0 spiro atoms. The Labute approximate surface area is 165 Å². The van der Waals surface area contributed by atoms with Crippen LogP contribution in [0.15, 0.2) is 42.5 Å². The summed E-state index contributed by atoms with van der Waals surface area (Å²) in [6.07, 6.45) is 10.1. The van der Waals surface area contributed by atoms with Crippen molar-refractivity contribution in [3.63, 3.8) is 0 Å². The summed E-state index contributed by atoms with van der Waals surface area (Å²) in [5, 5.41) is 5.13. The maximum absolute atomic E-state index is 12.2. The summed E-state index contributed by atoms with van der Waals surface area (Å²) in [6.45, 7) is 0.0178. The van der Waals surface area contributed by atoms with Gasteiger partial charge in [0.2, 0.25) is 0 Å². The zero-order chi connectivity index (χ0) is 19.8. The molecular formula is C23H27NO4. The second kappa shape index (κ2) is 9.93. The number of methoxy groups -OCH3 is 1. The van der Waals surface area contributed by atoms with E-state index in [0.717, 1.165) is 29.2 Å². The monoisotopic (exact) mass is 381 g/mol. The molecule has 2 aromatic carbocycles. The fourth-order valence-corrected chi connectivity index (χ4v) is 3.51. The van der Waals surface area contributed by atoms with Crippen LogP contribution in [0.2, 0.25) is 0 Å². The summed E-state index contributed by atoms with van der Waals surface area (Å²) < 4.78 is 10.3. The molecule has 0 aromatic heterocycles. The lowest BCUT2D eigenvalue weighted by molar-refractivity contribution is -0.134. The summed E-state index contributed by atoms with van der Waals surface area (Å²) in [6, 6.07) is 11.9. The SMILES string of the molecule is COC(=O)/C=C/c1ccc2ccc(OCC(=O)NC3CCCCCC3)cc2c1. The Hall–Kier alpha value is -2.82. The highest BCUT2D eigenvalue weighted by Gasteiger charge is 2.15. The van der Waals surface area contributed by atoms with E-state index in [1.54, 1.807) is 6.08 Å². The molecule has 0 saturated heterocycles. The number of carbonyl (C=O) groups excluding carboxylic acids is 2. The number of hydrogen-bond acceptors (Lipinski definition) is 4. The van der Waals surface area contributed by atoms with Gasteiger partial charge >= 0.3 is 5.97 Å². The summed E-state index contributed by atoms with van der Waals surface area (Å²) in [7, 11) is 1.35. The third-order valence-electron chi connectivity index (χ3n) is 5.04. The van der Waals surface area contributed by atoms with Crippen LogP contribution in [0.3, 0.4) is 0 Å². The Morgan fingerprint density at radius 3 is 2.54 bits per heavy atom. The molecule has 0 atom stereocenters. The van der Waals surface area contributed by atoms with Gasteiger partial charge in [0.15, 0.2) is 6.61 Å². The van der Waals surface area contributed by atoms with Gasteiger partial charge < -0.3 is 14.8 Å². The first-order valence-electron chi connectivity index (χ1n) is 9.86. The first-order valence-corrected chi connectivity index (χ1v) is 9.86. The molecule has 0 radical (unpaired) electrons. The molecule has 1 amide bonds. The van der Waals surface area contributed by atoms with Gasteiger partial charge in [0.1, 0.15) is 5.75 Å². The normalized spacial score (nSPS) is 15.3. The number of nitrogens with one attached hydrogen (secondary N) is 1. The maximum Gasteiger partial charge on any atom is 0.330 e. The number of benzene rings is 2. The lowest BCUT2D eigenvalue weighted by atomic mass is 10.1. The van der Waals surface area contributed by atoms with E-state index < -0.39 is 5.97 Å². The lowest BCUT2D eigenvalue weighted by Crippen LogP contribution is -2.37. The minimum absolute atomic E-state index is 0.0178. The third kappa shape index (κ3) is 5.84. The Balaban J connectivity index is 1.60. The van der Waals surface area contributed by atoms with Gasteiger partial charge in [-0.2, -0.15) is 0 Å². The average Bonchev–Trinajstić information content (AvgIpc) is 2.98. The van der Waals surface area contributed by atoms with Gasteiger partial charge in [-0.05, 0) is 53.5 Å². The summed E-state index contributed by atoms with van der Waals surface area (Å²) in [5.41, 5.74) is 0.890. The van der Waals surface area contributed by atoms with E-state index in [2.05, 4.69) is 10.1 Å². The fraction of sp³-hybridized carbons (Fsp3) is 0.391. The molecule has 1 fully saturated rings. The van der Waals surface area contributed by atoms with Crippen LogP contribution in [0.1, 0.15) is 44.1 Å². The highest BCUT2D eigenvalue weighted by molar-refractivity contribution is 5.90. The highest BCUT2D eigenvalue weighted by Crippen LogP contribution is 2.23. The molecule has 28 heavy (non-hydrogen) atoms. The van der Waals surface area contributed by atoms with Crippen molar-refractivity contribution in [2.24, 2.45) is 0 Å². The molecule has 2 aromatic rings. The van der Waals surface area contributed by atoms with Crippen LogP contribution in [0.4, 0.5) is 0 Å². The van der Waals surface area contributed by atoms with Gasteiger partial charge in [0, 0.05) is 12.1 Å². The number of fused-ring (bicyclic) bond motifs is 1. The molecule has 0 bridgehead atoms. The summed E-state index contributed by atoms with van der Waals surface area (Å²) in [5.74, 6) is 0.191. The van der Waals surface area contributed by atoms with Crippen molar-refractivity contribution in [2.45, 2.75) is 44.6 Å². The standard InChI is InChI=1S/C23H27NO4/c1-27-23(26)13-9-17-8-10-18-11-12-21(15-19(18)14-17)28-16-22(25)24-20-6-4-2-3-5-7-20/h8-15,20H,2-7,16H2,1H3,(H,24,25)/b13-9+. The molecule has 5 nitrogen and oxygen atoms in total. The molecule has 1 aliphatic carbocycles. The number of rotatable bonds is 6. The van der Waals surface area contributed by atoms with E-state index in [-0.39, 0.29) is 18.6 Å². The average molecular weight is 381 g/mol. The zero-order valence-electron chi connectivity index (χ0n) is 16.3. The Kier molecular flexibility index (Phi) is 7.06. The van der Waals surface area contributed by atoms with Gasteiger partial charge in [-0.25, -0.2) is 4.79 Å². The molecule has 1 aliphatic rings. The van der Waals surface area contributed by atoms with Crippen molar-refractivity contribution in [2.75, 3.05) is 13.7 Å². The Bertz CT molecular complexity index is 851. The van der Waals surface area contributed by atoms with E-state index in [4.69, 9.17) is 4.74 Å². The summed E-state index contributed by atoms with van der Waals surface area (Å²) in [4.78, 5) is 23.4. The van der Waals surface area contributed by atoms with E-state index in [1.807, 2.05) is 36.4 Å². The van der Waals surface area contributed by atoms with Gasteiger partial charge in [-0.3, -0.25) is 4.79 Å². The third-order valence-corrected chi connectivity index (χ3v) is 5.04. The molecule has 1 N–H and O–H groups in total. The van der Waals surface area contributed by atoms with Crippen LogP contribution in [-0.2, 0) is 14.3 Å². The predicted octanol–water partition coefficient (Wildman–Crippen LogP) is 4.24. The van der Waals surface area contributed by atoms with E-state index in [0.29, 0.717) is 5.75 Å². The van der Waals surface area contributed by atoms with Gasteiger partial charge in [-0.1, -0.05) is 43.9 Å². The quantitative estimate of drug-likeness (QED) is 0.462. The smallest absolute Gasteiger partial charge is 0.330 e. The number of carbonyl (C=O) groups is 2. The largest absolute Gasteiger partial charge is 0.484 e. The fourth-order valence-electron chi connectivity index (χ4n) is 3.51. The summed E-state index contributed by atoms with van der Waals surface area (Å²) >= 11 is 0. The number of amides is 1. The molecule has 0 unspecified atom stereocenters. The number of ether oxygens (including phenoxy) is 2. The van der Waals surface area contributed by atoms with Crippen LogP contribution in [0.25, 0.3) is 16.8 Å². The highest BCUT2D eigenvalue weighted by atomic mass is 16.5. The lowest BCUT2D eigenvalue weighted by Gasteiger charge is -2.16. The van der Waals surface area contributed by atoms with Gasteiger partial charge in [0.25, 0.3) is 5.91 Å². The van der Waals surface area contributed by atoms with Crippen LogP contribution in [0, 0.1) is 0 Å². The first-order chi connectivity index (χ1) is 13.6. The van der Waals surface area contributed by atoms with Crippen molar-refractivity contribution >= 4 is 28.7 Å². The Morgan fingerprint density at radius 1 is 1.04 bits per heavy atom. The molecule has 0 heterocycles. The second-order valence-electron chi connectivity index (χ2n) is 7.17. The van der Waals surface area contributed by atoms with Gasteiger partial charge in [0.05, 0.1) is 7.11 Å². The van der Waals surface area contributed by atoms with Crippen molar-refractivity contribution in [1.82, 2.24) is 5.32 Å². The topological polar surface area (TPSA) is 64.6 Å². The van der Waals surface area contributed by atoms with Gasteiger partial charge in [-0.15, -0.1) is 0 Å². The minimum atomic E-state index is -0.392. The van der Waals surface area contributed by atoms with E-state index in [9.17, 15) is 9.59 Å². The van der Waals surface area contributed by atoms with Crippen LogP contribution in [0.5, 0.6) is 5.75 Å². The van der Waals surface area contributed by atoms with E-state index in [1.165, 1.54) is 38.9 Å². The van der Waals surface area contributed by atoms with Crippen LogP contribution in [-0.4, -0.2) is 31.6 Å². The minimum Gasteiger partial charge on any atom is -0.484 e. The number of esters is 1. The molecule has 3 rings (SSSR count).